The van der Waals surface area contributed by atoms with E-state index in [4.69, 9.17) is 11.6 Å². The fourth-order valence-electron chi connectivity index (χ4n) is 1.85. The topological polar surface area (TPSA) is 44.9 Å². The van der Waals surface area contributed by atoms with Crippen molar-refractivity contribution >= 4 is 28.4 Å². The van der Waals surface area contributed by atoms with Crippen molar-refractivity contribution in [1.82, 2.24) is 10.3 Å². The molecule has 2 rings (SSSR count). The number of carbonyl (C=O) groups is 1. The molecule has 1 amide bonds. The van der Waals surface area contributed by atoms with Gasteiger partial charge in [0.05, 0.1) is 5.56 Å². The van der Waals surface area contributed by atoms with Gasteiger partial charge in [0.25, 0.3) is 5.91 Å². The van der Waals surface area contributed by atoms with Gasteiger partial charge in [-0.15, -0.1) is 6.58 Å². The molecule has 0 spiro atoms. The van der Waals surface area contributed by atoms with Crippen molar-refractivity contribution in [2.45, 2.75) is 6.92 Å². The van der Waals surface area contributed by atoms with Crippen LogP contribution in [0.2, 0.25) is 5.02 Å². The molecule has 0 fully saturated rings. The van der Waals surface area contributed by atoms with Crippen molar-refractivity contribution in [3.05, 3.63) is 47.1 Å². The fourth-order valence-corrected chi connectivity index (χ4v) is 2.02. The number of aryl methyl sites for hydroxylation is 1. The van der Waals surface area contributed by atoms with E-state index in [9.17, 15) is 4.79 Å². The van der Waals surface area contributed by atoms with Crippen LogP contribution in [0.25, 0.3) is 10.9 Å². The number of carbonyl (C=O) groups excluding carboxylic acids is 1. The number of benzene rings is 1. The molecule has 1 heterocycles. The van der Waals surface area contributed by atoms with Crippen LogP contribution in [0.1, 0.15) is 16.1 Å². The molecule has 0 aliphatic carbocycles. The highest BCUT2D eigenvalue weighted by molar-refractivity contribution is 6.31. The smallest absolute Gasteiger partial charge is 0.253 e. The lowest BCUT2D eigenvalue weighted by atomic mass is 10.1. The van der Waals surface area contributed by atoms with E-state index < -0.39 is 0 Å². The lowest BCUT2D eigenvalue weighted by Gasteiger charge is -2.02. The number of H-pyrrole nitrogens is 1. The number of amides is 1. The molecule has 0 saturated carbocycles. The van der Waals surface area contributed by atoms with Gasteiger partial charge in [-0.25, -0.2) is 0 Å². The highest BCUT2D eigenvalue weighted by atomic mass is 35.5. The minimum atomic E-state index is -0.101. The van der Waals surface area contributed by atoms with Crippen LogP contribution in [0.3, 0.4) is 0 Å². The molecule has 88 valence electrons. The Labute approximate surface area is 104 Å². The van der Waals surface area contributed by atoms with Gasteiger partial charge in [-0.3, -0.25) is 4.79 Å². The molecular weight excluding hydrogens is 236 g/mol. The van der Waals surface area contributed by atoms with Crippen molar-refractivity contribution < 1.29 is 4.79 Å². The maximum atomic E-state index is 12.0. The molecule has 17 heavy (non-hydrogen) atoms. The molecule has 0 saturated heterocycles. The lowest BCUT2D eigenvalue weighted by molar-refractivity contribution is 0.0959. The molecule has 0 unspecified atom stereocenters. The summed E-state index contributed by atoms with van der Waals surface area (Å²) in [7, 11) is 0. The number of nitrogens with one attached hydrogen (secondary N) is 2. The normalized spacial score (nSPS) is 10.5. The third-order valence-corrected chi connectivity index (χ3v) is 2.82. The summed E-state index contributed by atoms with van der Waals surface area (Å²) < 4.78 is 0. The van der Waals surface area contributed by atoms with Crippen LogP contribution in [0, 0.1) is 6.92 Å². The average molecular weight is 249 g/mol. The Morgan fingerprint density at radius 3 is 3.06 bits per heavy atom. The van der Waals surface area contributed by atoms with E-state index in [1.807, 2.05) is 19.1 Å². The van der Waals surface area contributed by atoms with E-state index in [-0.39, 0.29) is 5.91 Å². The third kappa shape index (κ3) is 2.19. The second-order valence-electron chi connectivity index (χ2n) is 3.81. The van der Waals surface area contributed by atoms with E-state index in [2.05, 4.69) is 16.9 Å². The molecule has 4 heteroatoms. The number of rotatable bonds is 3. The predicted octanol–water partition coefficient (Wildman–Crippen LogP) is 3.05. The minimum absolute atomic E-state index is 0.101. The van der Waals surface area contributed by atoms with Crippen molar-refractivity contribution in [2.24, 2.45) is 0 Å². The third-order valence-electron chi connectivity index (χ3n) is 2.58. The van der Waals surface area contributed by atoms with Gasteiger partial charge < -0.3 is 10.3 Å². The maximum Gasteiger partial charge on any atom is 0.253 e. The second-order valence-corrected chi connectivity index (χ2v) is 4.25. The van der Waals surface area contributed by atoms with Gasteiger partial charge in [0.2, 0.25) is 0 Å². The first-order chi connectivity index (χ1) is 8.13. The van der Waals surface area contributed by atoms with Crippen molar-refractivity contribution in [3.8, 4) is 0 Å². The number of hydrogen-bond acceptors (Lipinski definition) is 1. The summed E-state index contributed by atoms with van der Waals surface area (Å²) in [5.74, 6) is -0.101. The van der Waals surface area contributed by atoms with Gasteiger partial charge in [-0.1, -0.05) is 23.7 Å². The standard InChI is InChI=1S/C13H13ClN2O/c1-3-6-15-13(17)12-8(2)16-11-7-9(14)4-5-10(11)12/h3-5,7,16H,1,6H2,2H3,(H,15,17). The molecule has 0 atom stereocenters. The number of aromatic amines is 1. The monoisotopic (exact) mass is 248 g/mol. The van der Waals surface area contributed by atoms with Crippen molar-refractivity contribution in [3.63, 3.8) is 0 Å². The van der Waals surface area contributed by atoms with Crippen LogP contribution in [-0.2, 0) is 0 Å². The van der Waals surface area contributed by atoms with Crippen LogP contribution in [0.5, 0.6) is 0 Å². The molecule has 1 aromatic heterocycles. The van der Waals surface area contributed by atoms with E-state index in [0.29, 0.717) is 17.1 Å². The molecule has 3 nitrogen and oxygen atoms in total. The van der Waals surface area contributed by atoms with Gasteiger partial charge in [-0.05, 0) is 19.1 Å². The van der Waals surface area contributed by atoms with E-state index >= 15 is 0 Å². The van der Waals surface area contributed by atoms with Crippen molar-refractivity contribution in [2.75, 3.05) is 6.54 Å². The number of aromatic nitrogens is 1. The Balaban J connectivity index is 2.49. The molecule has 2 aromatic rings. The number of fused-ring (bicyclic) bond motifs is 1. The van der Waals surface area contributed by atoms with Crippen LogP contribution < -0.4 is 5.32 Å². The van der Waals surface area contributed by atoms with E-state index in [1.54, 1.807) is 12.1 Å². The van der Waals surface area contributed by atoms with E-state index in [1.165, 1.54) is 0 Å². The van der Waals surface area contributed by atoms with Gasteiger partial charge in [0, 0.05) is 28.2 Å². The molecule has 0 aliphatic heterocycles. The van der Waals surface area contributed by atoms with Gasteiger partial charge in [0.1, 0.15) is 0 Å². The van der Waals surface area contributed by atoms with Crippen molar-refractivity contribution in [1.29, 1.82) is 0 Å². The van der Waals surface area contributed by atoms with E-state index in [0.717, 1.165) is 16.6 Å². The first-order valence-corrected chi connectivity index (χ1v) is 5.68. The lowest BCUT2D eigenvalue weighted by Crippen LogP contribution is -2.23. The zero-order valence-corrected chi connectivity index (χ0v) is 10.3. The van der Waals surface area contributed by atoms with Crippen LogP contribution in [-0.4, -0.2) is 17.4 Å². The van der Waals surface area contributed by atoms with Gasteiger partial charge >= 0.3 is 0 Å². The summed E-state index contributed by atoms with van der Waals surface area (Å²) in [5.41, 5.74) is 2.38. The molecule has 0 aliphatic rings. The summed E-state index contributed by atoms with van der Waals surface area (Å²) in [4.78, 5) is 15.1. The second kappa shape index (κ2) is 4.63. The summed E-state index contributed by atoms with van der Waals surface area (Å²) in [6.07, 6.45) is 1.65. The minimum Gasteiger partial charge on any atom is -0.358 e. The first kappa shape index (κ1) is 11.7. The Hall–Kier alpha value is -1.74. The molecule has 0 bridgehead atoms. The fraction of sp³-hybridized carbons (Fsp3) is 0.154. The quantitative estimate of drug-likeness (QED) is 0.806. The largest absolute Gasteiger partial charge is 0.358 e. The number of hydrogen-bond donors (Lipinski definition) is 2. The Bertz CT molecular complexity index is 586. The summed E-state index contributed by atoms with van der Waals surface area (Å²) >= 11 is 5.91. The zero-order valence-electron chi connectivity index (χ0n) is 9.51. The molecular formula is C13H13ClN2O. The maximum absolute atomic E-state index is 12.0. The Kier molecular flexibility index (Phi) is 3.20. The average Bonchev–Trinajstić information content (AvgIpc) is 2.61. The molecule has 2 N–H and O–H groups in total. The SMILES string of the molecule is C=CCNC(=O)c1c(C)[nH]c2cc(Cl)ccc12. The van der Waals surface area contributed by atoms with Gasteiger partial charge in [0.15, 0.2) is 0 Å². The highest BCUT2D eigenvalue weighted by Gasteiger charge is 2.15. The number of halogens is 1. The highest BCUT2D eigenvalue weighted by Crippen LogP contribution is 2.24. The summed E-state index contributed by atoms with van der Waals surface area (Å²) in [6.45, 7) is 5.90. The molecule has 1 aromatic carbocycles. The molecule has 0 radical (unpaired) electrons. The van der Waals surface area contributed by atoms with Crippen LogP contribution in [0.4, 0.5) is 0 Å². The summed E-state index contributed by atoms with van der Waals surface area (Å²) in [6, 6.07) is 5.44. The van der Waals surface area contributed by atoms with Crippen LogP contribution in [0.15, 0.2) is 30.9 Å². The Morgan fingerprint density at radius 2 is 2.35 bits per heavy atom. The summed E-state index contributed by atoms with van der Waals surface area (Å²) in [5, 5.41) is 4.30. The zero-order chi connectivity index (χ0) is 12.4. The predicted molar refractivity (Wildman–Crippen MR) is 70.6 cm³/mol. The Morgan fingerprint density at radius 1 is 1.59 bits per heavy atom. The first-order valence-electron chi connectivity index (χ1n) is 5.30. The van der Waals surface area contributed by atoms with Crippen LogP contribution >= 0.6 is 11.6 Å². The van der Waals surface area contributed by atoms with Gasteiger partial charge in [-0.2, -0.15) is 0 Å².